The third-order valence-electron chi connectivity index (χ3n) is 5.36. The van der Waals surface area contributed by atoms with E-state index in [4.69, 9.17) is 9.47 Å². The first-order valence-electron chi connectivity index (χ1n) is 9.11. The maximum atomic E-state index is 12.8. The molecule has 140 valence electrons. The standard InChI is InChI=1S/C19H23BrN2O3S/c1-24-16-10-13(20)5-6-15(16)17(23)21-18-22(11-14-4-2-9-25-14)12-19(26-18)7-3-8-19/h5-6,10,14H,2-4,7-9,11-12H2,1H3/b21-18-/t14-/m1/s1. The number of ether oxygens (including phenoxy) is 2. The van der Waals surface area contributed by atoms with E-state index < -0.39 is 0 Å². The van der Waals surface area contributed by atoms with Crippen LogP contribution >= 0.6 is 27.7 Å². The second kappa shape index (κ2) is 7.52. The fraction of sp³-hybridized carbons (Fsp3) is 0.579. The van der Waals surface area contributed by atoms with Crippen molar-refractivity contribution in [2.24, 2.45) is 4.99 Å². The number of carbonyl (C=O) groups excluding carboxylic acids is 1. The maximum absolute atomic E-state index is 12.8. The van der Waals surface area contributed by atoms with Gasteiger partial charge in [-0.1, -0.05) is 34.1 Å². The molecule has 1 saturated carbocycles. The van der Waals surface area contributed by atoms with Crippen molar-refractivity contribution in [3.63, 3.8) is 0 Å². The molecule has 7 heteroatoms. The van der Waals surface area contributed by atoms with Crippen LogP contribution in [0.15, 0.2) is 27.7 Å². The largest absolute Gasteiger partial charge is 0.496 e. The van der Waals surface area contributed by atoms with Crippen molar-refractivity contribution < 1.29 is 14.3 Å². The van der Waals surface area contributed by atoms with Gasteiger partial charge in [0.15, 0.2) is 5.17 Å². The van der Waals surface area contributed by atoms with Crippen LogP contribution in [-0.2, 0) is 4.74 Å². The highest BCUT2D eigenvalue weighted by Gasteiger charge is 2.47. The van der Waals surface area contributed by atoms with Gasteiger partial charge in [-0.3, -0.25) is 4.79 Å². The van der Waals surface area contributed by atoms with Crippen LogP contribution in [0.25, 0.3) is 0 Å². The summed E-state index contributed by atoms with van der Waals surface area (Å²) in [7, 11) is 1.57. The molecule has 1 aromatic rings. The molecule has 1 aliphatic carbocycles. The lowest BCUT2D eigenvalue weighted by atomic mass is 9.84. The molecule has 0 radical (unpaired) electrons. The zero-order chi connectivity index (χ0) is 18.1. The number of hydrogen-bond acceptors (Lipinski definition) is 4. The van der Waals surface area contributed by atoms with Gasteiger partial charge in [0.2, 0.25) is 0 Å². The van der Waals surface area contributed by atoms with Crippen molar-refractivity contribution >= 4 is 38.8 Å². The van der Waals surface area contributed by atoms with Gasteiger partial charge in [-0.2, -0.15) is 4.99 Å². The molecule has 0 unspecified atom stereocenters. The van der Waals surface area contributed by atoms with E-state index in [9.17, 15) is 4.79 Å². The first kappa shape index (κ1) is 18.3. The van der Waals surface area contributed by atoms with Crippen molar-refractivity contribution in [1.29, 1.82) is 0 Å². The minimum Gasteiger partial charge on any atom is -0.496 e. The van der Waals surface area contributed by atoms with Crippen LogP contribution < -0.4 is 4.74 Å². The summed E-state index contributed by atoms with van der Waals surface area (Å²) in [5.74, 6) is 0.298. The number of methoxy groups -OCH3 is 1. The quantitative estimate of drug-likeness (QED) is 0.707. The Morgan fingerprint density at radius 1 is 1.46 bits per heavy atom. The number of hydrogen-bond donors (Lipinski definition) is 0. The summed E-state index contributed by atoms with van der Waals surface area (Å²) in [6.45, 7) is 2.65. The molecule has 2 heterocycles. The molecular weight excluding hydrogens is 416 g/mol. The fourth-order valence-corrected chi connectivity index (χ4v) is 5.63. The third-order valence-corrected chi connectivity index (χ3v) is 7.36. The fourth-order valence-electron chi connectivity index (χ4n) is 3.80. The van der Waals surface area contributed by atoms with Gasteiger partial charge in [0.25, 0.3) is 5.91 Å². The van der Waals surface area contributed by atoms with Crippen molar-refractivity contribution in [3.05, 3.63) is 28.2 Å². The van der Waals surface area contributed by atoms with E-state index in [1.807, 2.05) is 6.07 Å². The number of carbonyl (C=O) groups is 1. The van der Waals surface area contributed by atoms with Gasteiger partial charge in [0.1, 0.15) is 5.75 Å². The second-order valence-electron chi connectivity index (χ2n) is 7.20. The van der Waals surface area contributed by atoms with Crippen molar-refractivity contribution in [3.8, 4) is 5.75 Å². The molecule has 4 rings (SSSR count). The summed E-state index contributed by atoms with van der Waals surface area (Å²) < 4.78 is 12.3. The Morgan fingerprint density at radius 3 is 2.96 bits per heavy atom. The van der Waals surface area contributed by atoms with Crippen LogP contribution in [0.3, 0.4) is 0 Å². The van der Waals surface area contributed by atoms with Gasteiger partial charge >= 0.3 is 0 Å². The van der Waals surface area contributed by atoms with Crippen molar-refractivity contribution in [2.45, 2.75) is 43.0 Å². The van der Waals surface area contributed by atoms with Gasteiger partial charge in [-0.15, -0.1) is 0 Å². The Hall–Kier alpha value is -1.05. The van der Waals surface area contributed by atoms with Gasteiger partial charge in [0.05, 0.1) is 18.8 Å². The van der Waals surface area contributed by atoms with Gasteiger partial charge < -0.3 is 14.4 Å². The molecule has 1 atom stereocenters. The Morgan fingerprint density at radius 2 is 2.31 bits per heavy atom. The normalized spacial score (nSPS) is 25.7. The van der Waals surface area contributed by atoms with Crippen molar-refractivity contribution in [1.82, 2.24) is 4.90 Å². The molecule has 3 aliphatic rings. The number of halogens is 1. The summed E-state index contributed by atoms with van der Waals surface area (Å²) in [6, 6.07) is 5.40. The zero-order valence-electron chi connectivity index (χ0n) is 14.9. The topological polar surface area (TPSA) is 51.1 Å². The SMILES string of the molecule is COc1cc(Br)ccc1C(=O)/N=C1\SC2(CCC2)CN1C[C@H]1CCCO1. The Balaban J connectivity index is 1.57. The third kappa shape index (κ3) is 3.66. The van der Waals surface area contributed by atoms with Gasteiger partial charge in [-0.05, 0) is 43.9 Å². The number of amides is 1. The molecule has 3 fully saturated rings. The Kier molecular flexibility index (Phi) is 5.30. The maximum Gasteiger partial charge on any atom is 0.283 e. The number of aliphatic imine (C=N–C) groups is 1. The van der Waals surface area contributed by atoms with E-state index in [1.165, 1.54) is 19.3 Å². The first-order valence-corrected chi connectivity index (χ1v) is 10.7. The molecule has 5 nitrogen and oxygen atoms in total. The molecule has 0 bridgehead atoms. The summed E-state index contributed by atoms with van der Waals surface area (Å²) in [6.07, 6.45) is 6.15. The molecule has 2 saturated heterocycles. The van der Waals surface area contributed by atoms with Crippen LogP contribution in [-0.4, -0.2) is 53.6 Å². The number of thioether (sulfide) groups is 1. The number of nitrogens with zero attached hydrogens (tertiary/aromatic N) is 2. The molecule has 26 heavy (non-hydrogen) atoms. The van der Waals surface area contributed by atoms with E-state index in [1.54, 1.807) is 31.0 Å². The predicted octanol–water partition coefficient (Wildman–Crippen LogP) is 4.10. The average molecular weight is 439 g/mol. The monoisotopic (exact) mass is 438 g/mol. The van der Waals surface area contributed by atoms with Crippen LogP contribution in [0.2, 0.25) is 0 Å². The van der Waals surface area contributed by atoms with E-state index in [0.29, 0.717) is 11.3 Å². The lowest BCUT2D eigenvalue weighted by Gasteiger charge is -2.36. The molecule has 0 aromatic heterocycles. The highest BCUT2D eigenvalue weighted by molar-refractivity contribution is 9.10. The van der Waals surface area contributed by atoms with E-state index in [0.717, 1.165) is 42.2 Å². The van der Waals surface area contributed by atoms with Gasteiger partial charge in [0, 0.05) is 28.9 Å². The number of rotatable bonds is 4. The summed E-state index contributed by atoms with van der Waals surface area (Å²) in [5.41, 5.74) is 0.496. The van der Waals surface area contributed by atoms with E-state index in [-0.39, 0.29) is 16.8 Å². The minimum atomic E-state index is -0.245. The van der Waals surface area contributed by atoms with E-state index >= 15 is 0 Å². The Bertz CT molecular complexity index is 729. The molecule has 2 aliphatic heterocycles. The lowest BCUT2D eigenvalue weighted by Crippen LogP contribution is -2.40. The Labute approximate surface area is 166 Å². The number of benzene rings is 1. The van der Waals surface area contributed by atoms with E-state index in [2.05, 4.69) is 25.8 Å². The minimum absolute atomic E-state index is 0.245. The first-order chi connectivity index (χ1) is 12.6. The average Bonchev–Trinajstić information content (AvgIpc) is 3.23. The van der Waals surface area contributed by atoms with Crippen LogP contribution in [0.4, 0.5) is 0 Å². The highest BCUT2D eigenvalue weighted by atomic mass is 79.9. The summed E-state index contributed by atoms with van der Waals surface area (Å²) in [4.78, 5) is 19.6. The highest BCUT2D eigenvalue weighted by Crippen LogP contribution is 2.50. The zero-order valence-corrected chi connectivity index (χ0v) is 17.3. The molecule has 1 amide bonds. The lowest BCUT2D eigenvalue weighted by molar-refractivity contribution is 0.0882. The van der Waals surface area contributed by atoms with Crippen LogP contribution in [0.1, 0.15) is 42.5 Å². The molecular formula is C19H23BrN2O3S. The van der Waals surface area contributed by atoms with Gasteiger partial charge in [-0.25, -0.2) is 0 Å². The molecule has 1 aromatic carbocycles. The smallest absolute Gasteiger partial charge is 0.283 e. The van der Waals surface area contributed by atoms with Crippen LogP contribution in [0.5, 0.6) is 5.75 Å². The van der Waals surface area contributed by atoms with Crippen LogP contribution in [0, 0.1) is 0 Å². The second-order valence-corrected chi connectivity index (χ2v) is 9.55. The number of amidine groups is 1. The summed E-state index contributed by atoms with van der Waals surface area (Å²) in [5, 5.41) is 0.843. The molecule has 0 N–H and O–H groups in total. The summed E-state index contributed by atoms with van der Waals surface area (Å²) >= 11 is 5.19. The predicted molar refractivity (Wildman–Crippen MR) is 107 cm³/mol. The van der Waals surface area contributed by atoms with Crippen molar-refractivity contribution in [2.75, 3.05) is 26.8 Å². The molecule has 1 spiro atoms.